The Labute approximate surface area is 114 Å². The van der Waals surface area contributed by atoms with E-state index in [0.717, 1.165) is 29.9 Å². The summed E-state index contributed by atoms with van der Waals surface area (Å²) in [6.07, 6.45) is 7.90. The van der Waals surface area contributed by atoms with Crippen LogP contribution < -0.4 is 9.47 Å². The van der Waals surface area contributed by atoms with Crippen molar-refractivity contribution in [1.82, 2.24) is 0 Å². The molecule has 1 aromatic rings. The van der Waals surface area contributed by atoms with Crippen molar-refractivity contribution in [2.45, 2.75) is 50.5 Å². The summed E-state index contributed by atoms with van der Waals surface area (Å²) >= 11 is 5.98. The van der Waals surface area contributed by atoms with Gasteiger partial charge < -0.3 is 9.47 Å². The van der Waals surface area contributed by atoms with E-state index in [1.807, 2.05) is 18.2 Å². The molecule has 18 heavy (non-hydrogen) atoms. The van der Waals surface area contributed by atoms with Crippen LogP contribution in [0.1, 0.15) is 44.1 Å². The molecule has 0 aromatic heterocycles. The largest absolute Gasteiger partial charge is 0.497 e. The molecule has 0 N–H and O–H groups in total. The van der Waals surface area contributed by atoms with E-state index in [9.17, 15) is 0 Å². The van der Waals surface area contributed by atoms with Crippen LogP contribution in [0.5, 0.6) is 11.5 Å². The molecule has 0 saturated heterocycles. The van der Waals surface area contributed by atoms with Gasteiger partial charge in [0, 0.05) is 5.56 Å². The summed E-state index contributed by atoms with van der Waals surface area (Å²) in [5.41, 5.74) is 1.01. The van der Waals surface area contributed by atoms with Gasteiger partial charge in [0.2, 0.25) is 0 Å². The average Bonchev–Trinajstić information content (AvgIpc) is 2.68. The normalized spacial score (nSPS) is 17.2. The van der Waals surface area contributed by atoms with Crippen LogP contribution in [0, 0.1) is 0 Å². The van der Waals surface area contributed by atoms with Gasteiger partial charge in [-0.3, -0.25) is 0 Å². The Morgan fingerprint density at radius 1 is 1.17 bits per heavy atom. The maximum Gasteiger partial charge on any atom is 0.124 e. The second-order valence-electron chi connectivity index (χ2n) is 4.84. The second-order valence-corrected chi connectivity index (χ2v) is 5.11. The fraction of sp³-hybridized carbons (Fsp3) is 0.600. The minimum atomic E-state index is 0.350. The third-order valence-corrected chi connectivity index (χ3v) is 3.80. The van der Waals surface area contributed by atoms with Crippen molar-refractivity contribution in [2.24, 2.45) is 0 Å². The van der Waals surface area contributed by atoms with Gasteiger partial charge in [0.05, 0.1) is 19.1 Å². The number of alkyl halides is 1. The van der Waals surface area contributed by atoms with Gasteiger partial charge in [-0.1, -0.05) is 12.8 Å². The fourth-order valence-corrected chi connectivity index (χ4v) is 2.65. The van der Waals surface area contributed by atoms with Gasteiger partial charge in [0.15, 0.2) is 0 Å². The van der Waals surface area contributed by atoms with Crippen LogP contribution in [0.3, 0.4) is 0 Å². The molecule has 0 atom stereocenters. The lowest BCUT2D eigenvalue weighted by Crippen LogP contribution is -2.15. The highest BCUT2D eigenvalue weighted by atomic mass is 35.5. The summed E-state index contributed by atoms with van der Waals surface area (Å²) in [4.78, 5) is 0. The minimum Gasteiger partial charge on any atom is -0.497 e. The van der Waals surface area contributed by atoms with Crippen molar-refractivity contribution in [1.29, 1.82) is 0 Å². The zero-order valence-corrected chi connectivity index (χ0v) is 11.7. The molecule has 1 aromatic carbocycles. The van der Waals surface area contributed by atoms with Gasteiger partial charge in [-0.2, -0.15) is 0 Å². The predicted molar refractivity (Wildman–Crippen MR) is 74.7 cm³/mol. The molecule has 0 bridgehead atoms. The number of halogens is 1. The van der Waals surface area contributed by atoms with Crippen LogP contribution in [0.2, 0.25) is 0 Å². The smallest absolute Gasteiger partial charge is 0.124 e. The predicted octanol–water partition coefficient (Wildman–Crippen LogP) is 4.54. The Morgan fingerprint density at radius 2 is 1.89 bits per heavy atom. The van der Waals surface area contributed by atoms with Crippen LogP contribution in [0.15, 0.2) is 18.2 Å². The standard InChI is InChI=1S/C15H21ClO2/c1-17-14-8-9-15(12(10-14)11-16)18-13-6-4-2-3-5-7-13/h8-10,13H,2-7,11H2,1H3. The van der Waals surface area contributed by atoms with Gasteiger partial charge in [0.25, 0.3) is 0 Å². The molecule has 0 unspecified atom stereocenters. The third-order valence-electron chi connectivity index (χ3n) is 3.51. The summed E-state index contributed by atoms with van der Waals surface area (Å²) in [5, 5.41) is 0. The lowest BCUT2D eigenvalue weighted by Gasteiger charge is -2.19. The average molecular weight is 269 g/mol. The van der Waals surface area contributed by atoms with E-state index >= 15 is 0 Å². The van der Waals surface area contributed by atoms with Crippen molar-refractivity contribution in [3.63, 3.8) is 0 Å². The van der Waals surface area contributed by atoms with E-state index in [0.29, 0.717) is 12.0 Å². The van der Waals surface area contributed by atoms with Gasteiger partial charge in [0.1, 0.15) is 11.5 Å². The maximum atomic E-state index is 6.12. The van der Waals surface area contributed by atoms with Crippen molar-refractivity contribution < 1.29 is 9.47 Å². The Kier molecular flexibility index (Phi) is 5.18. The Morgan fingerprint density at radius 3 is 2.50 bits per heavy atom. The zero-order chi connectivity index (χ0) is 12.8. The van der Waals surface area contributed by atoms with Crippen molar-refractivity contribution in [3.05, 3.63) is 23.8 Å². The summed E-state index contributed by atoms with van der Waals surface area (Å²) in [5.74, 6) is 2.20. The molecule has 1 saturated carbocycles. The molecule has 3 heteroatoms. The number of hydrogen-bond donors (Lipinski definition) is 0. The molecule has 2 nitrogen and oxygen atoms in total. The zero-order valence-electron chi connectivity index (χ0n) is 11.0. The van der Waals surface area contributed by atoms with Gasteiger partial charge >= 0.3 is 0 Å². The van der Waals surface area contributed by atoms with Gasteiger partial charge in [-0.05, 0) is 43.9 Å². The molecule has 0 aliphatic heterocycles. The first-order valence-electron chi connectivity index (χ1n) is 6.73. The van der Waals surface area contributed by atoms with Gasteiger partial charge in [-0.25, -0.2) is 0 Å². The maximum absolute atomic E-state index is 6.12. The van der Waals surface area contributed by atoms with Crippen molar-refractivity contribution >= 4 is 11.6 Å². The Balaban J connectivity index is 2.07. The van der Waals surface area contributed by atoms with Crippen LogP contribution in [-0.2, 0) is 5.88 Å². The highest BCUT2D eigenvalue weighted by molar-refractivity contribution is 6.17. The molecular weight excluding hydrogens is 248 g/mol. The van der Waals surface area contributed by atoms with E-state index in [4.69, 9.17) is 21.1 Å². The molecule has 1 aliphatic rings. The van der Waals surface area contributed by atoms with Crippen LogP contribution in [0.4, 0.5) is 0 Å². The quantitative estimate of drug-likeness (QED) is 0.590. The summed E-state index contributed by atoms with van der Waals surface area (Å²) < 4.78 is 11.3. The first-order valence-corrected chi connectivity index (χ1v) is 7.26. The summed E-state index contributed by atoms with van der Waals surface area (Å²) in [6, 6.07) is 5.86. The minimum absolute atomic E-state index is 0.350. The molecular formula is C15H21ClO2. The number of benzene rings is 1. The highest BCUT2D eigenvalue weighted by Gasteiger charge is 2.15. The van der Waals surface area contributed by atoms with E-state index < -0.39 is 0 Å². The second kappa shape index (κ2) is 6.89. The first-order chi connectivity index (χ1) is 8.83. The molecule has 2 rings (SSSR count). The summed E-state index contributed by atoms with van der Waals surface area (Å²) in [7, 11) is 1.67. The molecule has 100 valence electrons. The molecule has 0 radical (unpaired) electrons. The monoisotopic (exact) mass is 268 g/mol. The summed E-state index contributed by atoms with van der Waals surface area (Å²) in [6.45, 7) is 0. The Hall–Kier alpha value is -0.890. The van der Waals surface area contributed by atoms with Crippen LogP contribution in [0.25, 0.3) is 0 Å². The topological polar surface area (TPSA) is 18.5 Å². The number of ether oxygens (including phenoxy) is 2. The molecule has 0 spiro atoms. The van der Waals surface area contributed by atoms with Crippen LogP contribution >= 0.6 is 11.6 Å². The van der Waals surface area contributed by atoms with E-state index in [2.05, 4.69) is 0 Å². The van der Waals surface area contributed by atoms with Gasteiger partial charge in [-0.15, -0.1) is 11.6 Å². The molecule has 0 heterocycles. The first kappa shape index (κ1) is 13.5. The van der Waals surface area contributed by atoms with Crippen molar-refractivity contribution in [2.75, 3.05) is 7.11 Å². The third kappa shape index (κ3) is 3.55. The number of methoxy groups -OCH3 is 1. The van der Waals surface area contributed by atoms with E-state index in [-0.39, 0.29) is 0 Å². The SMILES string of the molecule is COc1ccc(OC2CCCCCC2)c(CCl)c1. The molecule has 0 amide bonds. The molecule has 1 aliphatic carbocycles. The fourth-order valence-electron chi connectivity index (χ4n) is 2.44. The number of hydrogen-bond acceptors (Lipinski definition) is 2. The highest BCUT2D eigenvalue weighted by Crippen LogP contribution is 2.29. The lowest BCUT2D eigenvalue weighted by molar-refractivity contribution is 0.182. The lowest BCUT2D eigenvalue weighted by atomic mass is 10.1. The number of rotatable bonds is 4. The van der Waals surface area contributed by atoms with E-state index in [1.165, 1.54) is 25.7 Å². The molecule has 1 fully saturated rings. The van der Waals surface area contributed by atoms with Crippen LogP contribution in [-0.4, -0.2) is 13.2 Å². The van der Waals surface area contributed by atoms with E-state index in [1.54, 1.807) is 7.11 Å². The van der Waals surface area contributed by atoms with Crippen molar-refractivity contribution in [3.8, 4) is 11.5 Å². The Bertz CT molecular complexity index is 371.